The summed E-state index contributed by atoms with van der Waals surface area (Å²) in [5.41, 5.74) is 0.795. The molecule has 6 heteroatoms. The highest BCUT2D eigenvalue weighted by Gasteiger charge is 2.11. The van der Waals surface area contributed by atoms with Gasteiger partial charge in [-0.3, -0.25) is 0 Å². The number of hydrogen-bond donors (Lipinski definition) is 1. The van der Waals surface area contributed by atoms with E-state index >= 15 is 0 Å². The van der Waals surface area contributed by atoms with Crippen molar-refractivity contribution in [1.29, 1.82) is 0 Å². The molecule has 0 radical (unpaired) electrons. The van der Waals surface area contributed by atoms with Gasteiger partial charge in [0.2, 0.25) is 0 Å². The minimum absolute atomic E-state index is 0.0892. The Balaban J connectivity index is 2.77. The van der Waals surface area contributed by atoms with Crippen LogP contribution in [0.5, 0.6) is 0 Å². The zero-order valence-electron chi connectivity index (χ0n) is 9.00. The molecular weight excluding hydrogens is 314 g/mol. The summed E-state index contributed by atoms with van der Waals surface area (Å²) in [4.78, 5) is 0. The van der Waals surface area contributed by atoms with Crippen molar-refractivity contribution in [2.24, 2.45) is 0 Å². The molecule has 1 N–H and O–H groups in total. The lowest BCUT2D eigenvalue weighted by atomic mass is 10.3. The third-order valence-corrected chi connectivity index (χ3v) is 3.92. The number of nitrogens with one attached hydrogen (secondary N) is 1. The highest BCUT2D eigenvalue weighted by Crippen LogP contribution is 2.26. The standard InChI is InChI=1S/C10H13BrClNO2S/c1-7(6-16(2,14)15)13-10-5-8(12)3-4-9(10)11/h3-5,7,13H,6H2,1-2H3. The molecule has 1 unspecified atom stereocenters. The normalized spacial score (nSPS) is 13.5. The van der Waals surface area contributed by atoms with Gasteiger partial charge in [0, 0.05) is 21.8 Å². The SMILES string of the molecule is CC(CS(C)(=O)=O)Nc1cc(Cl)ccc1Br. The molecule has 1 aromatic rings. The van der Waals surface area contributed by atoms with Crippen LogP contribution in [0.1, 0.15) is 6.92 Å². The Hall–Kier alpha value is -0.260. The average molecular weight is 327 g/mol. The minimum atomic E-state index is -2.98. The predicted octanol–water partition coefficient (Wildman–Crippen LogP) is 2.95. The van der Waals surface area contributed by atoms with E-state index in [-0.39, 0.29) is 11.8 Å². The number of anilines is 1. The van der Waals surface area contributed by atoms with Gasteiger partial charge in [-0.15, -0.1) is 0 Å². The Morgan fingerprint density at radius 2 is 2.12 bits per heavy atom. The van der Waals surface area contributed by atoms with Crippen LogP contribution in [0.3, 0.4) is 0 Å². The topological polar surface area (TPSA) is 46.2 Å². The van der Waals surface area contributed by atoms with Crippen molar-refractivity contribution >= 4 is 43.1 Å². The summed E-state index contributed by atoms with van der Waals surface area (Å²) in [6, 6.07) is 5.17. The first kappa shape index (κ1) is 13.8. The van der Waals surface area contributed by atoms with Crippen LogP contribution in [0.15, 0.2) is 22.7 Å². The van der Waals surface area contributed by atoms with Crippen molar-refractivity contribution in [1.82, 2.24) is 0 Å². The van der Waals surface area contributed by atoms with E-state index in [9.17, 15) is 8.42 Å². The van der Waals surface area contributed by atoms with Crippen LogP contribution in [0.25, 0.3) is 0 Å². The van der Waals surface area contributed by atoms with Gasteiger partial charge in [0.15, 0.2) is 0 Å². The van der Waals surface area contributed by atoms with Crippen molar-refractivity contribution in [3.8, 4) is 0 Å². The third-order valence-electron chi connectivity index (χ3n) is 1.88. The van der Waals surface area contributed by atoms with Gasteiger partial charge in [-0.05, 0) is 41.1 Å². The summed E-state index contributed by atoms with van der Waals surface area (Å²) in [5.74, 6) is 0.0892. The van der Waals surface area contributed by atoms with Crippen molar-refractivity contribution < 1.29 is 8.42 Å². The predicted molar refractivity (Wildman–Crippen MR) is 71.9 cm³/mol. The first-order valence-corrected chi connectivity index (χ1v) is 7.90. The summed E-state index contributed by atoms with van der Waals surface area (Å²) in [5, 5.41) is 3.71. The molecule has 0 fully saturated rings. The minimum Gasteiger partial charge on any atom is -0.381 e. The van der Waals surface area contributed by atoms with E-state index < -0.39 is 9.84 Å². The number of rotatable bonds is 4. The van der Waals surface area contributed by atoms with Crippen LogP contribution in [-0.2, 0) is 9.84 Å². The highest BCUT2D eigenvalue weighted by atomic mass is 79.9. The summed E-state index contributed by atoms with van der Waals surface area (Å²) in [7, 11) is -2.98. The lowest BCUT2D eigenvalue weighted by Gasteiger charge is -2.15. The van der Waals surface area contributed by atoms with E-state index in [4.69, 9.17) is 11.6 Å². The fraction of sp³-hybridized carbons (Fsp3) is 0.400. The zero-order valence-corrected chi connectivity index (χ0v) is 12.2. The smallest absolute Gasteiger partial charge is 0.149 e. The van der Waals surface area contributed by atoms with Crippen LogP contribution < -0.4 is 5.32 Å². The number of sulfone groups is 1. The molecule has 0 aliphatic heterocycles. The molecule has 0 saturated carbocycles. The number of halogens is 2. The Morgan fingerprint density at radius 3 is 2.69 bits per heavy atom. The molecule has 1 atom stereocenters. The Morgan fingerprint density at radius 1 is 1.50 bits per heavy atom. The zero-order chi connectivity index (χ0) is 12.3. The molecule has 0 bridgehead atoms. The van der Waals surface area contributed by atoms with Gasteiger partial charge in [-0.2, -0.15) is 0 Å². The molecule has 0 aromatic heterocycles. The van der Waals surface area contributed by atoms with Gasteiger partial charge in [0.05, 0.1) is 11.4 Å². The Kier molecular flexibility index (Phi) is 4.64. The molecule has 0 aliphatic carbocycles. The molecule has 1 aromatic carbocycles. The van der Waals surface area contributed by atoms with Gasteiger partial charge in [0.25, 0.3) is 0 Å². The van der Waals surface area contributed by atoms with Crippen LogP contribution in [0.2, 0.25) is 5.02 Å². The van der Waals surface area contributed by atoms with E-state index in [0.717, 1.165) is 10.2 Å². The van der Waals surface area contributed by atoms with E-state index in [0.29, 0.717) is 5.02 Å². The third kappa shape index (κ3) is 4.72. The summed E-state index contributed by atoms with van der Waals surface area (Å²) in [6.45, 7) is 1.81. The molecule has 90 valence electrons. The Labute approximate surface area is 109 Å². The number of benzene rings is 1. The lowest BCUT2D eigenvalue weighted by Crippen LogP contribution is -2.25. The first-order chi connectivity index (χ1) is 7.28. The summed E-state index contributed by atoms with van der Waals surface area (Å²) < 4.78 is 23.1. The highest BCUT2D eigenvalue weighted by molar-refractivity contribution is 9.10. The first-order valence-electron chi connectivity index (χ1n) is 4.67. The van der Waals surface area contributed by atoms with Gasteiger partial charge in [0.1, 0.15) is 9.84 Å². The Bertz CT molecular complexity index is 476. The van der Waals surface area contributed by atoms with Crippen molar-refractivity contribution in [2.45, 2.75) is 13.0 Å². The fourth-order valence-corrected chi connectivity index (χ4v) is 2.89. The lowest BCUT2D eigenvalue weighted by molar-refractivity contribution is 0.598. The second-order valence-electron chi connectivity index (χ2n) is 3.76. The van der Waals surface area contributed by atoms with E-state index in [1.807, 2.05) is 13.0 Å². The molecule has 0 saturated heterocycles. The maximum Gasteiger partial charge on any atom is 0.149 e. The largest absolute Gasteiger partial charge is 0.381 e. The van der Waals surface area contributed by atoms with Crippen LogP contribution in [0.4, 0.5) is 5.69 Å². The van der Waals surface area contributed by atoms with Gasteiger partial charge in [-0.1, -0.05) is 11.6 Å². The molecule has 0 heterocycles. The molecule has 16 heavy (non-hydrogen) atoms. The molecule has 3 nitrogen and oxygen atoms in total. The van der Waals surface area contributed by atoms with E-state index in [1.54, 1.807) is 12.1 Å². The average Bonchev–Trinajstić information content (AvgIpc) is 2.08. The van der Waals surface area contributed by atoms with Crippen LogP contribution >= 0.6 is 27.5 Å². The van der Waals surface area contributed by atoms with Gasteiger partial charge in [-0.25, -0.2) is 8.42 Å². The second-order valence-corrected chi connectivity index (χ2v) is 7.24. The van der Waals surface area contributed by atoms with Crippen molar-refractivity contribution in [3.05, 3.63) is 27.7 Å². The molecule has 1 rings (SSSR count). The maximum absolute atomic E-state index is 11.1. The van der Waals surface area contributed by atoms with Gasteiger partial charge >= 0.3 is 0 Å². The van der Waals surface area contributed by atoms with E-state index in [1.165, 1.54) is 6.26 Å². The van der Waals surface area contributed by atoms with Crippen molar-refractivity contribution in [2.75, 3.05) is 17.3 Å². The monoisotopic (exact) mass is 325 g/mol. The summed E-state index contributed by atoms with van der Waals surface area (Å²) in [6.07, 6.45) is 1.22. The molecule has 0 spiro atoms. The summed E-state index contributed by atoms with van der Waals surface area (Å²) >= 11 is 9.22. The van der Waals surface area contributed by atoms with Gasteiger partial charge < -0.3 is 5.32 Å². The number of hydrogen-bond acceptors (Lipinski definition) is 3. The van der Waals surface area contributed by atoms with Crippen molar-refractivity contribution in [3.63, 3.8) is 0 Å². The molecular formula is C10H13BrClNO2S. The quantitative estimate of drug-likeness (QED) is 0.925. The second kappa shape index (κ2) is 5.38. The molecule has 0 amide bonds. The van der Waals surface area contributed by atoms with Crippen LogP contribution in [0, 0.1) is 0 Å². The van der Waals surface area contributed by atoms with E-state index in [2.05, 4.69) is 21.2 Å². The fourth-order valence-electron chi connectivity index (χ4n) is 1.37. The van der Waals surface area contributed by atoms with Crippen LogP contribution in [-0.4, -0.2) is 26.5 Å². The maximum atomic E-state index is 11.1. The molecule has 0 aliphatic rings.